The topological polar surface area (TPSA) is 125 Å². The minimum atomic E-state index is -0.545. The van der Waals surface area contributed by atoms with Gasteiger partial charge in [-0.1, -0.05) is 116 Å². The first kappa shape index (κ1) is 56.2. The molecule has 2 amide bonds. The molecule has 3 aliphatic rings. The summed E-state index contributed by atoms with van der Waals surface area (Å²) in [5.74, 6) is 1.86. The predicted octanol–water partition coefficient (Wildman–Crippen LogP) is 14.9. The molecule has 6 atom stereocenters. The van der Waals surface area contributed by atoms with Crippen molar-refractivity contribution in [3.05, 3.63) is 143 Å². The van der Waals surface area contributed by atoms with Crippen LogP contribution in [0.15, 0.2) is 103 Å². The van der Waals surface area contributed by atoms with Gasteiger partial charge >= 0.3 is 0 Å². The molecule has 0 radical (unpaired) electrons. The number of nitrogens with one attached hydrogen (secondary N) is 4. The Hall–Kier alpha value is -6.50. The third kappa shape index (κ3) is 12.5. The Bertz CT molecular complexity index is 3020. The van der Waals surface area contributed by atoms with Crippen molar-refractivity contribution < 1.29 is 18.4 Å². The minimum Gasteiger partial charge on any atom is -0.367 e. The van der Waals surface area contributed by atoms with E-state index in [0.29, 0.717) is 37.5 Å². The van der Waals surface area contributed by atoms with Crippen LogP contribution in [0, 0.1) is 23.5 Å². The van der Waals surface area contributed by atoms with Gasteiger partial charge < -0.3 is 35.3 Å². The number of benzene rings is 4. The largest absolute Gasteiger partial charge is 0.367 e. The number of rotatable bonds is 23. The van der Waals surface area contributed by atoms with Crippen molar-refractivity contribution in [2.75, 3.05) is 29.4 Å². The van der Waals surface area contributed by atoms with Crippen molar-refractivity contribution in [2.45, 2.75) is 180 Å². The number of hydrogen-bond donors (Lipinski definition) is 4. The normalized spacial score (nSPS) is 19.3. The van der Waals surface area contributed by atoms with E-state index in [1.807, 2.05) is 24.8 Å². The van der Waals surface area contributed by atoms with Gasteiger partial charge in [0, 0.05) is 49.8 Å². The molecule has 13 heteroatoms. The molecule has 9 rings (SSSR count). The van der Waals surface area contributed by atoms with Gasteiger partial charge in [-0.15, -0.1) is 0 Å². The van der Waals surface area contributed by atoms with Crippen molar-refractivity contribution in [3.8, 4) is 0 Å². The number of hydrogen-bond acceptors (Lipinski definition) is 7. The molecule has 0 unspecified atom stereocenters. The van der Waals surface area contributed by atoms with Gasteiger partial charge in [-0.3, -0.25) is 9.59 Å². The SMILES string of the molecule is C=C(CCCC[C@H](C)c1nc2cc([C@H]3CC[C@H](c4ccc5[nH]c([C@@H]6CCCN6C(=C)[C@@H](NC(=O)CCC)C(C)C)nc5c4)N3c3cc(F)c(N4CCC(c5ccccc5)CC4)c(F)c3)ccc2[nH]1)[C@@H](NC(=O)CCC)C(C)C. The number of imidazole rings is 2. The summed E-state index contributed by atoms with van der Waals surface area (Å²) in [6, 6.07) is 25.7. The van der Waals surface area contributed by atoms with E-state index in [0.717, 1.165) is 140 Å². The average molecular weight is 1060 g/mol. The molecule has 3 saturated heterocycles. The summed E-state index contributed by atoms with van der Waals surface area (Å²) in [4.78, 5) is 49.4. The number of H-pyrrole nitrogens is 2. The fraction of sp³-hybridized carbons (Fsp3) is 0.508. The van der Waals surface area contributed by atoms with E-state index in [2.05, 4.69) is 139 Å². The first-order valence-electron chi connectivity index (χ1n) is 29.4. The molecule has 416 valence electrons. The molecule has 3 fully saturated rings. The Morgan fingerprint density at radius 3 is 1.86 bits per heavy atom. The van der Waals surface area contributed by atoms with Crippen LogP contribution in [0.25, 0.3) is 22.1 Å². The predicted molar refractivity (Wildman–Crippen MR) is 314 cm³/mol. The molecule has 2 aromatic heterocycles. The smallest absolute Gasteiger partial charge is 0.220 e. The molecule has 0 saturated carbocycles. The number of halogens is 2. The van der Waals surface area contributed by atoms with Crippen molar-refractivity contribution in [1.29, 1.82) is 0 Å². The molecular formula is C65H85F2N9O2. The van der Waals surface area contributed by atoms with E-state index in [1.165, 1.54) is 5.56 Å². The number of unbranched alkanes of at least 4 members (excludes halogenated alkanes) is 1. The Labute approximate surface area is 462 Å². The van der Waals surface area contributed by atoms with Crippen LogP contribution in [-0.4, -0.2) is 68.4 Å². The maximum atomic E-state index is 16.9. The second-order valence-corrected chi connectivity index (χ2v) is 23.5. The van der Waals surface area contributed by atoms with Crippen molar-refractivity contribution in [1.82, 2.24) is 35.5 Å². The molecule has 0 spiro atoms. The minimum absolute atomic E-state index is 0.0149. The maximum Gasteiger partial charge on any atom is 0.220 e. The highest BCUT2D eigenvalue weighted by atomic mass is 19.1. The van der Waals surface area contributed by atoms with Crippen LogP contribution in [0.1, 0.15) is 197 Å². The van der Waals surface area contributed by atoms with Crippen molar-refractivity contribution >= 4 is 45.3 Å². The maximum absolute atomic E-state index is 16.9. The monoisotopic (exact) mass is 1060 g/mol. The highest BCUT2D eigenvalue weighted by Gasteiger charge is 2.39. The Morgan fingerprint density at radius 1 is 0.667 bits per heavy atom. The molecule has 78 heavy (non-hydrogen) atoms. The molecular weight excluding hydrogens is 977 g/mol. The number of carbonyl (C=O) groups is 2. The lowest BCUT2D eigenvalue weighted by atomic mass is 9.89. The summed E-state index contributed by atoms with van der Waals surface area (Å²) in [7, 11) is 0. The van der Waals surface area contributed by atoms with E-state index >= 15 is 8.78 Å². The number of likely N-dealkylation sites (tertiary alicyclic amines) is 1. The first-order valence-corrected chi connectivity index (χ1v) is 29.4. The molecule has 6 aromatic rings. The van der Waals surface area contributed by atoms with Gasteiger partial charge in [0.05, 0.1) is 52.3 Å². The van der Waals surface area contributed by atoms with Gasteiger partial charge in [-0.05, 0) is 141 Å². The Kier molecular flexibility index (Phi) is 18.1. The number of aromatic nitrogens is 4. The lowest BCUT2D eigenvalue weighted by molar-refractivity contribution is -0.122. The fourth-order valence-corrected chi connectivity index (χ4v) is 12.9. The number of carbonyl (C=O) groups excluding carboxylic acids is 2. The van der Waals surface area contributed by atoms with Gasteiger partial charge in [0.25, 0.3) is 0 Å². The van der Waals surface area contributed by atoms with E-state index in [-0.39, 0.29) is 65.5 Å². The summed E-state index contributed by atoms with van der Waals surface area (Å²) in [6.07, 6.45) is 11.5. The van der Waals surface area contributed by atoms with Crippen LogP contribution in [0.3, 0.4) is 0 Å². The zero-order chi connectivity index (χ0) is 55.2. The third-order valence-corrected chi connectivity index (χ3v) is 17.1. The molecule has 11 nitrogen and oxygen atoms in total. The highest BCUT2D eigenvalue weighted by molar-refractivity contribution is 5.79. The third-order valence-electron chi connectivity index (χ3n) is 17.1. The average Bonchev–Trinajstić information content (AvgIpc) is 4.45. The highest BCUT2D eigenvalue weighted by Crippen LogP contribution is 2.49. The molecule has 3 aliphatic heterocycles. The van der Waals surface area contributed by atoms with E-state index in [1.54, 1.807) is 12.1 Å². The van der Waals surface area contributed by atoms with Crippen LogP contribution < -0.4 is 20.4 Å². The van der Waals surface area contributed by atoms with Gasteiger partial charge in [0.15, 0.2) is 11.6 Å². The first-order chi connectivity index (χ1) is 37.6. The molecule has 4 N–H and O–H groups in total. The van der Waals surface area contributed by atoms with Crippen molar-refractivity contribution in [2.24, 2.45) is 11.8 Å². The van der Waals surface area contributed by atoms with Crippen LogP contribution in [0.2, 0.25) is 0 Å². The summed E-state index contributed by atoms with van der Waals surface area (Å²) < 4.78 is 33.7. The zero-order valence-electron chi connectivity index (χ0n) is 47.4. The molecule has 0 aliphatic carbocycles. The lowest BCUT2D eigenvalue weighted by Crippen LogP contribution is -2.44. The van der Waals surface area contributed by atoms with Crippen LogP contribution in [-0.2, 0) is 9.59 Å². The Morgan fingerprint density at radius 2 is 1.26 bits per heavy atom. The quantitative estimate of drug-likeness (QED) is 0.0372. The Balaban J connectivity index is 0.967. The zero-order valence-corrected chi connectivity index (χ0v) is 47.4. The number of anilines is 2. The summed E-state index contributed by atoms with van der Waals surface area (Å²) in [5, 5.41) is 6.46. The van der Waals surface area contributed by atoms with E-state index < -0.39 is 11.6 Å². The summed E-state index contributed by atoms with van der Waals surface area (Å²) in [6.45, 7) is 25.7. The number of nitrogens with zero attached hydrogens (tertiary/aromatic N) is 5. The number of piperidine rings is 1. The van der Waals surface area contributed by atoms with Crippen molar-refractivity contribution in [3.63, 3.8) is 0 Å². The van der Waals surface area contributed by atoms with Gasteiger partial charge in [-0.2, -0.15) is 0 Å². The number of aromatic amines is 2. The second kappa shape index (κ2) is 25.1. The van der Waals surface area contributed by atoms with Crippen LogP contribution in [0.4, 0.5) is 20.2 Å². The molecule has 4 aromatic carbocycles. The summed E-state index contributed by atoms with van der Waals surface area (Å²) >= 11 is 0. The lowest BCUT2D eigenvalue weighted by Gasteiger charge is -2.36. The molecule has 0 bridgehead atoms. The van der Waals surface area contributed by atoms with Gasteiger partial charge in [-0.25, -0.2) is 18.7 Å². The standard InChI is InChI=1S/C65H85F2N9O2/c1-10-18-59(77)72-61(40(3)4)42(7)20-15-16-21-43(8)64-68-52-27-25-47(36-54(52)70-64)56-29-30-57(76(56)49-38-50(66)63(51(67)39-49)74-34-31-46(32-35-74)45-22-13-12-14-23-45)48-26-28-53-55(37-48)71-65(69-53)58-24-17-33-75(58)44(9)62(41(5)6)73-60(78)19-11-2/h12-14,22-23,25-28,36-41,43,46,56-58,61-62H,7,9-11,15-21,24,29-35H2,1-6,8H3,(H,68,70)(H,69,71)(H,72,77)(H,73,78)/t43-,56+,57+,58-,61-,62-/m0/s1. The van der Waals surface area contributed by atoms with Gasteiger partial charge in [0.1, 0.15) is 17.3 Å². The summed E-state index contributed by atoms with van der Waals surface area (Å²) in [5.41, 5.74) is 9.50. The number of fused-ring (bicyclic) bond motifs is 2. The number of amides is 2. The van der Waals surface area contributed by atoms with Crippen LogP contribution in [0.5, 0.6) is 0 Å². The van der Waals surface area contributed by atoms with Crippen LogP contribution >= 0.6 is 0 Å². The van der Waals surface area contributed by atoms with Gasteiger partial charge in [0.2, 0.25) is 11.8 Å². The molecule has 5 heterocycles. The second-order valence-electron chi connectivity index (χ2n) is 23.5. The van der Waals surface area contributed by atoms with E-state index in [4.69, 9.17) is 9.97 Å². The fourth-order valence-electron chi connectivity index (χ4n) is 12.9. The van der Waals surface area contributed by atoms with E-state index in [9.17, 15) is 9.59 Å².